The van der Waals surface area contributed by atoms with E-state index in [4.69, 9.17) is 16.7 Å². The number of rotatable bonds is 3. The lowest BCUT2D eigenvalue weighted by Crippen LogP contribution is -2.55. The lowest BCUT2D eigenvalue weighted by Gasteiger charge is -2.37. The molecule has 1 atom stereocenters. The van der Waals surface area contributed by atoms with Gasteiger partial charge in [-0.1, -0.05) is 11.6 Å². The molecule has 1 amide bonds. The van der Waals surface area contributed by atoms with Gasteiger partial charge in [0.1, 0.15) is 5.66 Å². The van der Waals surface area contributed by atoms with Crippen LogP contribution in [0.1, 0.15) is 30.1 Å². The van der Waals surface area contributed by atoms with E-state index in [-0.39, 0.29) is 12.5 Å². The van der Waals surface area contributed by atoms with Crippen molar-refractivity contribution in [1.82, 2.24) is 5.32 Å². The summed E-state index contributed by atoms with van der Waals surface area (Å²) in [5.41, 5.74) is 0.801. The number of carbonyl (C=O) groups is 1. The largest absolute Gasteiger partial charge is 0.396 e. The van der Waals surface area contributed by atoms with E-state index in [0.29, 0.717) is 23.4 Å². The molecular formula is C12H15ClN2O2. The van der Waals surface area contributed by atoms with Crippen LogP contribution in [0.4, 0.5) is 5.69 Å². The molecule has 5 heteroatoms. The van der Waals surface area contributed by atoms with Crippen LogP contribution in [0.5, 0.6) is 0 Å². The van der Waals surface area contributed by atoms with Gasteiger partial charge in [0, 0.05) is 11.6 Å². The van der Waals surface area contributed by atoms with Crippen LogP contribution in [0.2, 0.25) is 5.02 Å². The summed E-state index contributed by atoms with van der Waals surface area (Å²) in [6, 6.07) is 5.14. The topological polar surface area (TPSA) is 61.4 Å². The standard InChI is InChI=1S/C12H15ClN2O2/c1-12(5-2-6-16)14-10-7-8(13)3-4-9(10)11(17)15-12/h3-4,7,14,16H,2,5-6H2,1H3,(H,15,17). The van der Waals surface area contributed by atoms with Crippen LogP contribution in [0.3, 0.4) is 0 Å². The first kappa shape index (κ1) is 12.2. The maximum Gasteiger partial charge on any atom is 0.255 e. The number of aliphatic hydroxyl groups is 1. The van der Waals surface area contributed by atoms with Gasteiger partial charge in [-0.3, -0.25) is 4.79 Å². The van der Waals surface area contributed by atoms with Crippen molar-refractivity contribution in [2.45, 2.75) is 25.4 Å². The summed E-state index contributed by atoms with van der Waals surface area (Å²) >= 11 is 5.91. The Kier molecular flexibility index (Phi) is 3.26. The first-order chi connectivity index (χ1) is 8.04. The van der Waals surface area contributed by atoms with Gasteiger partial charge in [-0.15, -0.1) is 0 Å². The summed E-state index contributed by atoms with van der Waals surface area (Å²) in [6.45, 7) is 2.00. The highest BCUT2D eigenvalue weighted by molar-refractivity contribution is 6.31. The van der Waals surface area contributed by atoms with Crippen LogP contribution < -0.4 is 10.6 Å². The van der Waals surface area contributed by atoms with Gasteiger partial charge in [-0.2, -0.15) is 0 Å². The highest BCUT2D eigenvalue weighted by atomic mass is 35.5. The molecule has 0 saturated carbocycles. The van der Waals surface area contributed by atoms with Crippen molar-refractivity contribution in [2.24, 2.45) is 0 Å². The smallest absolute Gasteiger partial charge is 0.255 e. The normalized spacial score (nSPS) is 22.6. The molecule has 92 valence electrons. The Balaban J connectivity index is 2.28. The monoisotopic (exact) mass is 254 g/mol. The fourth-order valence-corrected chi connectivity index (χ4v) is 2.19. The van der Waals surface area contributed by atoms with Crippen molar-refractivity contribution < 1.29 is 9.90 Å². The summed E-state index contributed by atoms with van der Waals surface area (Å²) in [7, 11) is 0. The maximum absolute atomic E-state index is 11.9. The molecule has 4 nitrogen and oxygen atoms in total. The second-order valence-electron chi connectivity index (χ2n) is 4.43. The zero-order valence-electron chi connectivity index (χ0n) is 9.59. The SMILES string of the molecule is CC1(CCCO)NC(=O)c2ccc(Cl)cc2N1. The molecule has 0 saturated heterocycles. The second-order valence-corrected chi connectivity index (χ2v) is 4.86. The Morgan fingerprint density at radius 2 is 2.18 bits per heavy atom. The molecule has 2 rings (SSSR count). The lowest BCUT2D eigenvalue weighted by atomic mass is 9.99. The van der Waals surface area contributed by atoms with Gasteiger partial charge >= 0.3 is 0 Å². The molecule has 1 heterocycles. The molecule has 1 aromatic carbocycles. The summed E-state index contributed by atoms with van der Waals surface area (Å²) in [4.78, 5) is 11.9. The molecule has 0 spiro atoms. The number of benzene rings is 1. The molecule has 0 radical (unpaired) electrons. The Hall–Kier alpha value is -1.26. The Morgan fingerprint density at radius 1 is 1.41 bits per heavy atom. The number of fused-ring (bicyclic) bond motifs is 1. The van der Waals surface area contributed by atoms with Crippen molar-refractivity contribution in [2.75, 3.05) is 11.9 Å². The molecule has 0 fully saturated rings. The van der Waals surface area contributed by atoms with Crippen LogP contribution in [0.25, 0.3) is 0 Å². The number of hydrogen-bond donors (Lipinski definition) is 3. The van der Waals surface area contributed by atoms with E-state index in [1.54, 1.807) is 18.2 Å². The molecule has 1 aliphatic rings. The van der Waals surface area contributed by atoms with Crippen molar-refractivity contribution in [3.8, 4) is 0 Å². The molecule has 0 aliphatic carbocycles. The molecular weight excluding hydrogens is 240 g/mol. The summed E-state index contributed by atoms with van der Waals surface area (Å²) in [5.74, 6) is -0.115. The third-order valence-corrected chi connectivity index (χ3v) is 3.10. The average molecular weight is 255 g/mol. The van der Waals surface area contributed by atoms with Crippen molar-refractivity contribution in [3.63, 3.8) is 0 Å². The molecule has 1 unspecified atom stereocenters. The van der Waals surface area contributed by atoms with Crippen molar-refractivity contribution in [1.29, 1.82) is 0 Å². The molecule has 1 aliphatic heterocycles. The fraction of sp³-hybridized carbons (Fsp3) is 0.417. The van der Waals surface area contributed by atoms with E-state index in [1.807, 2.05) is 6.92 Å². The summed E-state index contributed by atoms with van der Waals surface area (Å²) in [6.07, 6.45) is 1.28. The molecule has 0 aromatic heterocycles. The van der Waals surface area contributed by atoms with Crippen LogP contribution in [-0.4, -0.2) is 23.3 Å². The molecule has 1 aromatic rings. The maximum atomic E-state index is 11.9. The van der Waals surface area contributed by atoms with Crippen LogP contribution >= 0.6 is 11.6 Å². The average Bonchev–Trinajstić information content (AvgIpc) is 2.25. The predicted octanol–water partition coefficient (Wildman–Crippen LogP) is 1.98. The predicted molar refractivity (Wildman–Crippen MR) is 67.3 cm³/mol. The lowest BCUT2D eigenvalue weighted by molar-refractivity contribution is 0.0899. The molecule has 3 N–H and O–H groups in total. The van der Waals surface area contributed by atoms with Gasteiger partial charge in [0.2, 0.25) is 0 Å². The van der Waals surface area contributed by atoms with Gasteiger partial charge in [-0.25, -0.2) is 0 Å². The van der Waals surface area contributed by atoms with Gasteiger partial charge < -0.3 is 15.7 Å². The van der Waals surface area contributed by atoms with E-state index in [9.17, 15) is 4.79 Å². The number of anilines is 1. The highest BCUT2D eigenvalue weighted by Gasteiger charge is 2.32. The van der Waals surface area contributed by atoms with E-state index < -0.39 is 5.66 Å². The van der Waals surface area contributed by atoms with E-state index in [2.05, 4.69) is 10.6 Å². The minimum absolute atomic E-state index is 0.107. The first-order valence-corrected chi connectivity index (χ1v) is 5.93. The first-order valence-electron chi connectivity index (χ1n) is 5.55. The van der Waals surface area contributed by atoms with E-state index >= 15 is 0 Å². The number of nitrogens with one attached hydrogen (secondary N) is 2. The zero-order chi connectivity index (χ0) is 12.5. The van der Waals surface area contributed by atoms with Gasteiger partial charge in [0.15, 0.2) is 0 Å². The van der Waals surface area contributed by atoms with Crippen LogP contribution in [-0.2, 0) is 0 Å². The summed E-state index contributed by atoms with van der Waals surface area (Å²) < 4.78 is 0. The van der Waals surface area contributed by atoms with Crippen molar-refractivity contribution in [3.05, 3.63) is 28.8 Å². The number of hydrogen-bond acceptors (Lipinski definition) is 3. The number of carbonyl (C=O) groups excluding carboxylic acids is 1. The molecule has 17 heavy (non-hydrogen) atoms. The number of halogens is 1. The van der Waals surface area contributed by atoms with E-state index in [0.717, 1.165) is 5.69 Å². The highest BCUT2D eigenvalue weighted by Crippen LogP contribution is 2.29. The quantitative estimate of drug-likeness (QED) is 0.773. The van der Waals surface area contributed by atoms with Crippen molar-refractivity contribution >= 4 is 23.2 Å². The number of aliphatic hydroxyl groups excluding tert-OH is 1. The van der Waals surface area contributed by atoms with Gasteiger partial charge in [0.05, 0.1) is 11.3 Å². The van der Waals surface area contributed by atoms with Crippen LogP contribution in [0, 0.1) is 0 Å². The third-order valence-electron chi connectivity index (χ3n) is 2.86. The van der Waals surface area contributed by atoms with Crippen LogP contribution in [0.15, 0.2) is 18.2 Å². The van der Waals surface area contributed by atoms with E-state index in [1.165, 1.54) is 0 Å². The van der Waals surface area contributed by atoms with Gasteiger partial charge in [0.25, 0.3) is 5.91 Å². The minimum atomic E-state index is -0.530. The fourth-order valence-electron chi connectivity index (χ4n) is 2.02. The van der Waals surface area contributed by atoms with Gasteiger partial charge in [-0.05, 0) is 38.0 Å². The Labute approximate surface area is 105 Å². The second kappa shape index (κ2) is 4.55. The number of amides is 1. The minimum Gasteiger partial charge on any atom is -0.396 e. The molecule has 0 bridgehead atoms. The third kappa shape index (κ3) is 2.53. The zero-order valence-corrected chi connectivity index (χ0v) is 10.3. The summed E-state index contributed by atoms with van der Waals surface area (Å²) in [5, 5.41) is 15.6. The Bertz CT molecular complexity index is 450. The Morgan fingerprint density at radius 3 is 2.88 bits per heavy atom.